The van der Waals surface area contributed by atoms with Crippen LogP contribution in [-0.2, 0) is 6.54 Å². The molecule has 0 radical (unpaired) electrons. The third kappa shape index (κ3) is 4.86. The maximum absolute atomic E-state index is 5.99. The summed E-state index contributed by atoms with van der Waals surface area (Å²) in [5, 5.41) is 9.05. The van der Waals surface area contributed by atoms with Crippen molar-refractivity contribution < 1.29 is 0 Å². The Labute approximate surface area is 161 Å². The molecule has 0 amide bonds. The zero-order chi connectivity index (χ0) is 18.5. The molecule has 0 spiro atoms. The minimum atomic E-state index is 0.748. The molecule has 1 aromatic heterocycles. The minimum absolute atomic E-state index is 0.748. The molecular weight excluding hydrogens is 346 g/mol. The topological polar surface area (TPSA) is 36.3 Å². The van der Waals surface area contributed by atoms with Gasteiger partial charge >= 0.3 is 0 Å². The van der Waals surface area contributed by atoms with E-state index in [1.807, 2.05) is 28.9 Å². The summed E-state index contributed by atoms with van der Waals surface area (Å²) in [6.07, 6.45) is 1.19. The van der Waals surface area contributed by atoms with Crippen LogP contribution in [0.1, 0.15) is 23.4 Å². The fraction of sp³-hybridized carbons (Fsp3) is 0.550. The lowest BCUT2D eigenvalue weighted by atomic mass is 10.2. The van der Waals surface area contributed by atoms with Gasteiger partial charge in [0.1, 0.15) is 0 Å². The quantitative estimate of drug-likeness (QED) is 0.755. The number of halogens is 1. The van der Waals surface area contributed by atoms with Crippen molar-refractivity contribution in [2.45, 2.75) is 26.8 Å². The van der Waals surface area contributed by atoms with E-state index in [1.165, 1.54) is 50.4 Å². The molecule has 6 heteroatoms. The molecule has 2 aromatic rings. The summed E-state index contributed by atoms with van der Waals surface area (Å²) in [6, 6.07) is 7.83. The maximum atomic E-state index is 5.99. The average Bonchev–Trinajstić information content (AvgIpc) is 2.91. The molecule has 5 nitrogen and oxygen atoms in total. The largest absolute Gasteiger partial charge is 0.312 e. The highest BCUT2D eigenvalue weighted by atomic mass is 35.5. The molecule has 0 unspecified atom stereocenters. The van der Waals surface area contributed by atoms with Crippen molar-refractivity contribution in [1.29, 1.82) is 0 Å². The molecule has 2 heterocycles. The van der Waals surface area contributed by atoms with Gasteiger partial charge in [-0.2, -0.15) is 5.10 Å². The highest BCUT2D eigenvalue weighted by molar-refractivity contribution is 6.30. The maximum Gasteiger partial charge on any atom is 0.0649 e. The fourth-order valence-electron chi connectivity index (χ4n) is 3.48. The molecule has 1 aromatic carbocycles. The Hall–Kier alpha value is -1.40. The Morgan fingerprint density at radius 3 is 2.46 bits per heavy atom. The van der Waals surface area contributed by atoms with E-state index < -0.39 is 0 Å². The normalized spacial score (nSPS) is 16.3. The molecule has 0 aliphatic carbocycles. The molecule has 0 saturated carbocycles. The summed E-state index contributed by atoms with van der Waals surface area (Å²) in [6.45, 7) is 12.1. The van der Waals surface area contributed by atoms with E-state index in [-0.39, 0.29) is 0 Å². The minimum Gasteiger partial charge on any atom is -0.312 e. The third-order valence-corrected chi connectivity index (χ3v) is 5.49. The van der Waals surface area contributed by atoms with Crippen LogP contribution in [0.5, 0.6) is 0 Å². The predicted octanol–water partition coefficient (Wildman–Crippen LogP) is 2.87. The SMILES string of the molecule is Cc1nn(-c2ccc(Cl)cc2)c(C)c1CNCCCN1CCN(C)CC1. The Kier molecular flexibility index (Phi) is 6.70. The summed E-state index contributed by atoms with van der Waals surface area (Å²) in [5.41, 5.74) is 4.62. The summed E-state index contributed by atoms with van der Waals surface area (Å²) < 4.78 is 2.01. The van der Waals surface area contributed by atoms with E-state index in [0.29, 0.717) is 0 Å². The second-order valence-electron chi connectivity index (χ2n) is 7.21. The first kappa shape index (κ1) is 19.4. The van der Waals surface area contributed by atoms with Crippen LogP contribution in [0.4, 0.5) is 0 Å². The van der Waals surface area contributed by atoms with Crippen molar-refractivity contribution in [1.82, 2.24) is 24.9 Å². The van der Waals surface area contributed by atoms with Crippen LogP contribution >= 0.6 is 11.6 Å². The summed E-state index contributed by atoms with van der Waals surface area (Å²) in [7, 11) is 2.20. The molecule has 26 heavy (non-hydrogen) atoms. The number of aromatic nitrogens is 2. The smallest absolute Gasteiger partial charge is 0.0649 e. The highest BCUT2D eigenvalue weighted by Crippen LogP contribution is 2.19. The van der Waals surface area contributed by atoms with Gasteiger partial charge in [-0.15, -0.1) is 0 Å². The molecule has 1 fully saturated rings. The van der Waals surface area contributed by atoms with Crippen LogP contribution in [0, 0.1) is 13.8 Å². The Morgan fingerprint density at radius 1 is 1.08 bits per heavy atom. The summed E-state index contributed by atoms with van der Waals surface area (Å²) in [4.78, 5) is 4.97. The van der Waals surface area contributed by atoms with E-state index in [2.05, 4.69) is 36.0 Å². The lowest BCUT2D eigenvalue weighted by Gasteiger charge is -2.32. The fourth-order valence-corrected chi connectivity index (χ4v) is 3.60. The zero-order valence-corrected chi connectivity index (χ0v) is 16.9. The Morgan fingerprint density at radius 2 is 1.77 bits per heavy atom. The van der Waals surface area contributed by atoms with Crippen molar-refractivity contribution in [3.63, 3.8) is 0 Å². The van der Waals surface area contributed by atoms with Gasteiger partial charge in [0.15, 0.2) is 0 Å². The predicted molar refractivity (Wildman–Crippen MR) is 108 cm³/mol. The number of rotatable bonds is 7. The number of hydrogen-bond donors (Lipinski definition) is 1. The molecular formula is C20H30ClN5. The van der Waals surface area contributed by atoms with Gasteiger partial charge in [0.2, 0.25) is 0 Å². The van der Waals surface area contributed by atoms with Crippen LogP contribution in [-0.4, -0.2) is 65.9 Å². The summed E-state index contributed by atoms with van der Waals surface area (Å²) >= 11 is 5.99. The van der Waals surface area contributed by atoms with E-state index in [0.717, 1.165) is 29.5 Å². The molecule has 1 aliphatic rings. The van der Waals surface area contributed by atoms with E-state index >= 15 is 0 Å². The number of hydrogen-bond acceptors (Lipinski definition) is 4. The zero-order valence-electron chi connectivity index (χ0n) is 16.1. The van der Waals surface area contributed by atoms with Crippen LogP contribution in [0.3, 0.4) is 0 Å². The van der Waals surface area contributed by atoms with E-state index in [1.54, 1.807) is 0 Å². The third-order valence-electron chi connectivity index (χ3n) is 5.24. The highest BCUT2D eigenvalue weighted by Gasteiger charge is 2.14. The standard InChI is InChI=1S/C20H30ClN5/c1-16-20(15-22-9-4-10-25-13-11-24(3)12-14-25)17(2)26(23-16)19-7-5-18(21)6-8-19/h5-8,22H,4,9-15H2,1-3H3. The van der Waals surface area contributed by atoms with Crippen molar-refractivity contribution >= 4 is 11.6 Å². The number of aryl methyl sites for hydroxylation is 1. The van der Waals surface area contributed by atoms with Crippen LogP contribution in [0.2, 0.25) is 5.02 Å². The number of likely N-dealkylation sites (N-methyl/N-ethyl adjacent to an activating group) is 1. The van der Waals surface area contributed by atoms with Crippen molar-refractivity contribution in [2.24, 2.45) is 0 Å². The Balaban J connectivity index is 1.48. The molecule has 1 saturated heterocycles. The number of benzene rings is 1. The van der Waals surface area contributed by atoms with E-state index in [9.17, 15) is 0 Å². The van der Waals surface area contributed by atoms with Gasteiger partial charge in [0, 0.05) is 49.0 Å². The van der Waals surface area contributed by atoms with Crippen molar-refractivity contribution in [3.05, 3.63) is 46.2 Å². The van der Waals surface area contributed by atoms with Gasteiger partial charge < -0.3 is 15.1 Å². The van der Waals surface area contributed by atoms with Gasteiger partial charge in [-0.25, -0.2) is 4.68 Å². The molecule has 142 valence electrons. The Bertz CT molecular complexity index is 702. The van der Waals surface area contributed by atoms with Crippen molar-refractivity contribution in [3.8, 4) is 5.69 Å². The number of nitrogens with one attached hydrogen (secondary N) is 1. The number of piperazine rings is 1. The van der Waals surface area contributed by atoms with Crippen LogP contribution < -0.4 is 5.32 Å². The summed E-state index contributed by atoms with van der Waals surface area (Å²) in [5.74, 6) is 0. The number of nitrogens with zero attached hydrogens (tertiary/aromatic N) is 4. The molecule has 1 N–H and O–H groups in total. The monoisotopic (exact) mass is 375 g/mol. The van der Waals surface area contributed by atoms with Crippen LogP contribution in [0.15, 0.2) is 24.3 Å². The first-order valence-electron chi connectivity index (χ1n) is 9.47. The first-order chi connectivity index (χ1) is 12.5. The van der Waals surface area contributed by atoms with Gasteiger partial charge in [0.25, 0.3) is 0 Å². The molecule has 1 aliphatic heterocycles. The van der Waals surface area contributed by atoms with E-state index in [4.69, 9.17) is 16.7 Å². The molecule has 0 atom stereocenters. The second-order valence-corrected chi connectivity index (χ2v) is 7.65. The first-order valence-corrected chi connectivity index (χ1v) is 9.85. The lowest BCUT2D eigenvalue weighted by Crippen LogP contribution is -2.45. The van der Waals surface area contributed by atoms with Gasteiger partial charge in [-0.05, 0) is 64.7 Å². The van der Waals surface area contributed by atoms with Gasteiger partial charge in [0.05, 0.1) is 11.4 Å². The lowest BCUT2D eigenvalue weighted by molar-refractivity contribution is 0.152. The molecule has 3 rings (SSSR count). The average molecular weight is 376 g/mol. The van der Waals surface area contributed by atoms with Gasteiger partial charge in [-0.1, -0.05) is 11.6 Å². The molecule has 0 bridgehead atoms. The second kappa shape index (κ2) is 9.00. The van der Waals surface area contributed by atoms with Crippen molar-refractivity contribution in [2.75, 3.05) is 46.3 Å². The van der Waals surface area contributed by atoms with Gasteiger partial charge in [-0.3, -0.25) is 0 Å². The van der Waals surface area contributed by atoms with Crippen LogP contribution in [0.25, 0.3) is 5.69 Å².